The summed E-state index contributed by atoms with van der Waals surface area (Å²) in [6, 6.07) is 13.3. The van der Waals surface area contributed by atoms with Gasteiger partial charge in [-0.05, 0) is 55.7 Å². The summed E-state index contributed by atoms with van der Waals surface area (Å²) >= 11 is 0. The van der Waals surface area contributed by atoms with E-state index in [0.717, 1.165) is 34.6 Å². The number of sulfonamides is 1. The summed E-state index contributed by atoms with van der Waals surface area (Å²) in [6.07, 6.45) is 4.54. The van der Waals surface area contributed by atoms with Gasteiger partial charge in [-0.15, -0.1) is 5.10 Å². The summed E-state index contributed by atoms with van der Waals surface area (Å²) in [6.45, 7) is 3.04. The van der Waals surface area contributed by atoms with Gasteiger partial charge in [0.25, 0.3) is 0 Å². The minimum atomic E-state index is -3.73. The molecule has 1 aliphatic rings. The van der Waals surface area contributed by atoms with Crippen LogP contribution in [0.5, 0.6) is 0 Å². The van der Waals surface area contributed by atoms with Crippen LogP contribution in [0.4, 0.5) is 4.39 Å². The Morgan fingerprint density at radius 1 is 1.19 bits per heavy atom. The molecule has 7 nitrogen and oxygen atoms in total. The number of nitrogens with zero attached hydrogens (tertiary/aromatic N) is 4. The lowest BCUT2D eigenvalue weighted by molar-refractivity contribution is 0.399. The Morgan fingerprint density at radius 3 is 2.84 bits per heavy atom. The largest absolute Gasteiger partial charge is 0.347 e. The maximum absolute atomic E-state index is 13.6. The number of halogens is 1. The van der Waals surface area contributed by atoms with Crippen molar-refractivity contribution in [2.45, 2.75) is 30.8 Å². The van der Waals surface area contributed by atoms with E-state index in [1.165, 1.54) is 22.5 Å². The summed E-state index contributed by atoms with van der Waals surface area (Å²) in [5.41, 5.74) is 2.87. The van der Waals surface area contributed by atoms with Crippen molar-refractivity contribution >= 4 is 20.9 Å². The van der Waals surface area contributed by atoms with Gasteiger partial charge in [-0.1, -0.05) is 17.3 Å². The standard InChI is InChI=1S/C22H22FN5O2S/c1-15-9-16(14-28(15)31(29,30)20-4-2-3-19(23)11-20)13-27-8-7-18-10-17(5-6-22(18)27)21-12-24-26-25-21/h2-8,10-12,15-16H,9,13-14H2,1H3,(H,24,25,26)/t15-,16+/m0/s1. The number of H-pyrrole nitrogens is 1. The third-order valence-electron chi connectivity index (χ3n) is 5.95. The second kappa shape index (κ2) is 7.58. The van der Waals surface area contributed by atoms with Gasteiger partial charge in [-0.25, -0.2) is 12.8 Å². The highest BCUT2D eigenvalue weighted by Gasteiger charge is 2.38. The molecule has 0 spiro atoms. The Hall–Kier alpha value is -3.04. The van der Waals surface area contributed by atoms with E-state index in [1.807, 2.05) is 19.2 Å². The minimum Gasteiger partial charge on any atom is -0.347 e. The zero-order chi connectivity index (χ0) is 21.6. The van der Waals surface area contributed by atoms with Crippen molar-refractivity contribution in [1.29, 1.82) is 0 Å². The lowest BCUT2D eigenvalue weighted by Crippen LogP contribution is -2.34. The summed E-state index contributed by atoms with van der Waals surface area (Å²) in [4.78, 5) is 0.00630. The monoisotopic (exact) mass is 439 g/mol. The topological polar surface area (TPSA) is 83.9 Å². The van der Waals surface area contributed by atoms with Crippen molar-refractivity contribution in [1.82, 2.24) is 24.3 Å². The second-order valence-corrected chi connectivity index (χ2v) is 9.97. The predicted molar refractivity (Wildman–Crippen MR) is 115 cm³/mol. The molecule has 1 saturated heterocycles. The van der Waals surface area contributed by atoms with Gasteiger partial charge >= 0.3 is 0 Å². The van der Waals surface area contributed by atoms with Crippen molar-refractivity contribution in [2.75, 3.05) is 6.54 Å². The van der Waals surface area contributed by atoms with Gasteiger partial charge in [0.2, 0.25) is 10.0 Å². The smallest absolute Gasteiger partial charge is 0.243 e. The first-order chi connectivity index (χ1) is 14.9. The van der Waals surface area contributed by atoms with Crippen molar-refractivity contribution in [3.63, 3.8) is 0 Å². The molecule has 9 heteroatoms. The number of benzene rings is 2. The van der Waals surface area contributed by atoms with Gasteiger partial charge in [0.15, 0.2) is 0 Å². The fourth-order valence-corrected chi connectivity index (χ4v) is 6.23. The van der Waals surface area contributed by atoms with E-state index in [2.05, 4.69) is 38.2 Å². The molecule has 5 rings (SSSR count). The number of hydrogen-bond acceptors (Lipinski definition) is 4. The number of nitrogens with one attached hydrogen (secondary N) is 1. The number of aromatic amines is 1. The number of rotatable bonds is 5. The van der Waals surface area contributed by atoms with Crippen LogP contribution in [0.3, 0.4) is 0 Å². The highest BCUT2D eigenvalue weighted by atomic mass is 32.2. The molecule has 1 N–H and O–H groups in total. The average Bonchev–Trinajstić information content (AvgIpc) is 3.49. The lowest BCUT2D eigenvalue weighted by Gasteiger charge is -2.21. The molecule has 0 saturated carbocycles. The number of aromatic nitrogens is 4. The van der Waals surface area contributed by atoms with Crippen LogP contribution in [0.2, 0.25) is 0 Å². The van der Waals surface area contributed by atoms with E-state index >= 15 is 0 Å². The van der Waals surface area contributed by atoms with E-state index in [0.29, 0.717) is 13.1 Å². The molecule has 0 radical (unpaired) electrons. The van der Waals surface area contributed by atoms with Crippen molar-refractivity contribution < 1.29 is 12.8 Å². The number of hydrogen-bond donors (Lipinski definition) is 1. The van der Waals surface area contributed by atoms with Gasteiger partial charge in [-0.2, -0.15) is 4.31 Å². The molecule has 2 aromatic heterocycles. The highest BCUT2D eigenvalue weighted by molar-refractivity contribution is 7.89. The van der Waals surface area contributed by atoms with E-state index in [4.69, 9.17) is 0 Å². The zero-order valence-corrected chi connectivity index (χ0v) is 17.8. The quantitative estimate of drug-likeness (QED) is 0.514. The Bertz CT molecular complexity index is 1330. The summed E-state index contributed by atoms with van der Waals surface area (Å²) in [5, 5.41) is 11.6. The average molecular weight is 440 g/mol. The Kier molecular flexibility index (Phi) is 4.86. The van der Waals surface area contributed by atoms with Gasteiger partial charge < -0.3 is 4.57 Å². The molecular weight excluding hydrogens is 417 g/mol. The van der Waals surface area contributed by atoms with Crippen LogP contribution >= 0.6 is 0 Å². The van der Waals surface area contributed by atoms with Gasteiger partial charge in [0.05, 0.1) is 4.90 Å². The summed E-state index contributed by atoms with van der Waals surface area (Å²) < 4.78 is 43.3. The van der Waals surface area contributed by atoms with Crippen molar-refractivity contribution in [3.05, 3.63) is 66.7 Å². The molecule has 0 bridgehead atoms. The molecule has 0 aliphatic carbocycles. The lowest BCUT2D eigenvalue weighted by atomic mass is 10.1. The van der Waals surface area contributed by atoms with Crippen LogP contribution in [0.25, 0.3) is 22.2 Å². The first-order valence-corrected chi connectivity index (χ1v) is 11.6. The van der Waals surface area contributed by atoms with Crippen LogP contribution < -0.4 is 0 Å². The van der Waals surface area contributed by atoms with Crippen LogP contribution in [-0.4, -0.2) is 45.3 Å². The van der Waals surface area contributed by atoms with Crippen LogP contribution in [0.15, 0.2) is 65.8 Å². The maximum atomic E-state index is 13.6. The van der Waals surface area contributed by atoms with Crippen LogP contribution in [0, 0.1) is 11.7 Å². The first-order valence-electron chi connectivity index (χ1n) is 10.1. The fourth-order valence-electron chi connectivity index (χ4n) is 4.48. The molecule has 0 unspecified atom stereocenters. The molecule has 4 aromatic rings. The maximum Gasteiger partial charge on any atom is 0.243 e. The highest BCUT2D eigenvalue weighted by Crippen LogP contribution is 2.32. The molecule has 2 atom stereocenters. The van der Waals surface area contributed by atoms with Gasteiger partial charge in [-0.3, -0.25) is 5.10 Å². The van der Waals surface area contributed by atoms with Crippen molar-refractivity contribution in [2.24, 2.45) is 5.92 Å². The molecular formula is C22H22FN5O2S. The molecule has 1 fully saturated rings. The molecule has 31 heavy (non-hydrogen) atoms. The van der Waals surface area contributed by atoms with Gasteiger partial charge in [0.1, 0.15) is 11.5 Å². The fraction of sp³-hybridized carbons (Fsp3) is 0.273. The van der Waals surface area contributed by atoms with Gasteiger partial charge in [0, 0.05) is 48.0 Å². The first kappa shape index (κ1) is 19.9. The third kappa shape index (κ3) is 3.64. The predicted octanol–water partition coefficient (Wildman–Crippen LogP) is 3.66. The molecule has 2 aromatic carbocycles. The molecule has 1 aliphatic heterocycles. The third-order valence-corrected chi connectivity index (χ3v) is 7.92. The van der Waals surface area contributed by atoms with Crippen LogP contribution in [0.1, 0.15) is 13.3 Å². The summed E-state index contributed by atoms with van der Waals surface area (Å²) in [5.74, 6) is -0.377. The minimum absolute atomic E-state index is 0.00630. The molecule has 160 valence electrons. The van der Waals surface area contributed by atoms with E-state index in [1.54, 1.807) is 6.20 Å². The SMILES string of the molecule is C[C@H]1C[C@H](Cn2ccc3cc(-c4c[nH]nn4)ccc32)CN1S(=O)(=O)c1cccc(F)c1. The van der Waals surface area contributed by atoms with Crippen LogP contribution in [-0.2, 0) is 16.6 Å². The van der Waals surface area contributed by atoms with E-state index in [9.17, 15) is 12.8 Å². The molecule has 0 amide bonds. The molecule has 3 heterocycles. The Labute approximate surface area is 179 Å². The zero-order valence-electron chi connectivity index (χ0n) is 16.9. The van der Waals surface area contributed by atoms with E-state index < -0.39 is 15.8 Å². The number of fused-ring (bicyclic) bond motifs is 1. The summed E-state index contributed by atoms with van der Waals surface area (Å²) in [7, 11) is -3.73. The Balaban J connectivity index is 1.36. The second-order valence-electron chi connectivity index (χ2n) is 8.08. The van der Waals surface area contributed by atoms with E-state index in [-0.39, 0.29) is 16.9 Å². The van der Waals surface area contributed by atoms with Crippen molar-refractivity contribution in [3.8, 4) is 11.3 Å². The Morgan fingerprint density at radius 2 is 2.06 bits per heavy atom. The normalized spacial score (nSPS) is 19.9.